The summed E-state index contributed by atoms with van der Waals surface area (Å²) < 4.78 is 61.7. The van der Waals surface area contributed by atoms with E-state index in [1.807, 2.05) is 0 Å². The van der Waals surface area contributed by atoms with E-state index in [2.05, 4.69) is 5.32 Å². The molecule has 0 saturated carbocycles. The molecule has 102 valence electrons. The number of rotatable bonds is 5. The van der Waals surface area contributed by atoms with Gasteiger partial charge in [-0.15, -0.1) is 0 Å². The highest BCUT2D eigenvalue weighted by atomic mass is 19.4. The fraction of sp³-hybridized carbons (Fsp3) is 0.500. The average Bonchev–Trinajstić information content (AvgIpc) is 2.27. The third kappa shape index (κ3) is 4.60. The van der Waals surface area contributed by atoms with E-state index in [0.717, 1.165) is 12.1 Å². The number of nitrogens with one attached hydrogen (secondary N) is 1. The highest BCUT2D eigenvalue weighted by Gasteiger charge is 2.26. The second-order valence-corrected chi connectivity index (χ2v) is 4.02. The predicted octanol–water partition coefficient (Wildman–Crippen LogP) is 3.96. The van der Waals surface area contributed by atoms with Crippen LogP contribution in [0.1, 0.15) is 30.9 Å². The highest BCUT2D eigenvalue weighted by Crippen LogP contribution is 2.26. The van der Waals surface area contributed by atoms with E-state index in [4.69, 9.17) is 0 Å². The molecule has 0 aliphatic rings. The van der Waals surface area contributed by atoms with Crippen LogP contribution < -0.4 is 5.32 Å². The number of hydrogen-bond acceptors (Lipinski definition) is 1. The fourth-order valence-corrected chi connectivity index (χ4v) is 1.71. The fourth-order valence-electron chi connectivity index (χ4n) is 1.71. The van der Waals surface area contributed by atoms with Gasteiger partial charge in [0.05, 0.1) is 0 Å². The standard InChI is InChI=1S/C12H14F5N/c1-18-11(3-2-6-12(15,16)17)8-4-5-9(13)10(14)7-8/h4-5,7,11,18H,2-3,6H2,1H3. The molecule has 1 aromatic carbocycles. The normalized spacial score (nSPS) is 13.7. The van der Waals surface area contributed by atoms with Crippen LogP contribution in [-0.4, -0.2) is 13.2 Å². The van der Waals surface area contributed by atoms with E-state index >= 15 is 0 Å². The van der Waals surface area contributed by atoms with Gasteiger partial charge in [-0.3, -0.25) is 0 Å². The van der Waals surface area contributed by atoms with Gasteiger partial charge in [-0.2, -0.15) is 13.2 Å². The van der Waals surface area contributed by atoms with Gasteiger partial charge in [0, 0.05) is 12.5 Å². The van der Waals surface area contributed by atoms with Crippen molar-refractivity contribution in [2.24, 2.45) is 0 Å². The summed E-state index contributed by atoms with van der Waals surface area (Å²) in [5.74, 6) is -1.97. The molecule has 1 unspecified atom stereocenters. The van der Waals surface area contributed by atoms with E-state index in [1.165, 1.54) is 6.07 Å². The maximum absolute atomic E-state index is 13.0. The van der Waals surface area contributed by atoms with Gasteiger partial charge < -0.3 is 5.32 Å². The maximum atomic E-state index is 13.0. The van der Waals surface area contributed by atoms with Crippen LogP contribution in [0.25, 0.3) is 0 Å². The smallest absolute Gasteiger partial charge is 0.313 e. The lowest BCUT2D eigenvalue weighted by atomic mass is 10.0. The van der Waals surface area contributed by atoms with Crippen LogP contribution in [-0.2, 0) is 0 Å². The lowest BCUT2D eigenvalue weighted by Gasteiger charge is -2.17. The summed E-state index contributed by atoms with van der Waals surface area (Å²) in [6, 6.07) is 2.93. The maximum Gasteiger partial charge on any atom is 0.389 e. The molecule has 6 heteroatoms. The van der Waals surface area contributed by atoms with Crippen molar-refractivity contribution in [3.05, 3.63) is 35.4 Å². The summed E-state index contributed by atoms with van der Waals surface area (Å²) in [5.41, 5.74) is 0.443. The zero-order chi connectivity index (χ0) is 13.8. The molecule has 0 saturated heterocycles. The van der Waals surface area contributed by atoms with Crippen molar-refractivity contribution < 1.29 is 22.0 Å². The Bertz CT molecular complexity index is 389. The Morgan fingerprint density at radius 2 is 1.83 bits per heavy atom. The Morgan fingerprint density at radius 1 is 1.17 bits per heavy atom. The quantitative estimate of drug-likeness (QED) is 0.796. The number of hydrogen-bond donors (Lipinski definition) is 1. The highest BCUT2D eigenvalue weighted by molar-refractivity contribution is 5.21. The van der Waals surface area contributed by atoms with Crippen molar-refractivity contribution in [3.63, 3.8) is 0 Å². The Morgan fingerprint density at radius 3 is 2.33 bits per heavy atom. The van der Waals surface area contributed by atoms with E-state index in [9.17, 15) is 22.0 Å². The molecule has 1 rings (SSSR count). The number of benzene rings is 1. The second kappa shape index (κ2) is 6.13. The van der Waals surface area contributed by atoms with Gasteiger partial charge in [-0.25, -0.2) is 8.78 Å². The zero-order valence-corrected chi connectivity index (χ0v) is 9.82. The summed E-state index contributed by atoms with van der Waals surface area (Å²) in [4.78, 5) is 0. The topological polar surface area (TPSA) is 12.0 Å². The first-order chi connectivity index (χ1) is 8.33. The monoisotopic (exact) mass is 267 g/mol. The molecular formula is C12H14F5N. The lowest BCUT2D eigenvalue weighted by Crippen LogP contribution is -2.18. The van der Waals surface area contributed by atoms with Crippen molar-refractivity contribution in [1.29, 1.82) is 0 Å². The van der Waals surface area contributed by atoms with Gasteiger partial charge in [0.25, 0.3) is 0 Å². The molecule has 1 N–H and O–H groups in total. The van der Waals surface area contributed by atoms with E-state index < -0.39 is 30.3 Å². The average molecular weight is 267 g/mol. The van der Waals surface area contributed by atoms with Crippen LogP contribution in [0.4, 0.5) is 22.0 Å². The van der Waals surface area contributed by atoms with Crippen LogP contribution >= 0.6 is 0 Å². The summed E-state index contributed by atoms with van der Waals surface area (Å²) in [6.07, 6.45) is -4.92. The second-order valence-electron chi connectivity index (χ2n) is 4.02. The molecule has 0 aliphatic carbocycles. The van der Waals surface area contributed by atoms with Crippen LogP contribution in [0.3, 0.4) is 0 Å². The Labute approximate surface area is 102 Å². The van der Waals surface area contributed by atoms with E-state index in [-0.39, 0.29) is 12.8 Å². The molecule has 18 heavy (non-hydrogen) atoms. The Balaban J connectivity index is 2.63. The van der Waals surface area contributed by atoms with Crippen LogP contribution in [0.15, 0.2) is 18.2 Å². The van der Waals surface area contributed by atoms with Gasteiger partial charge in [-0.1, -0.05) is 6.07 Å². The van der Waals surface area contributed by atoms with E-state index in [1.54, 1.807) is 7.05 Å². The van der Waals surface area contributed by atoms with Gasteiger partial charge >= 0.3 is 6.18 Å². The van der Waals surface area contributed by atoms with Crippen molar-refractivity contribution >= 4 is 0 Å². The number of alkyl halides is 3. The molecule has 0 heterocycles. The minimum absolute atomic E-state index is 0.0615. The zero-order valence-electron chi connectivity index (χ0n) is 9.82. The van der Waals surface area contributed by atoms with Crippen molar-refractivity contribution in [1.82, 2.24) is 5.32 Å². The molecule has 0 bridgehead atoms. The summed E-state index contributed by atoms with van der Waals surface area (Å²) >= 11 is 0. The molecule has 0 fully saturated rings. The Hall–Kier alpha value is -1.17. The van der Waals surface area contributed by atoms with Gasteiger partial charge in [0.1, 0.15) is 0 Å². The molecule has 0 amide bonds. The molecule has 0 spiro atoms. The first kappa shape index (κ1) is 14.9. The van der Waals surface area contributed by atoms with Gasteiger partial charge in [0.2, 0.25) is 0 Å². The van der Waals surface area contributed by atoms with Gasteiger partial charge in [0.15, 0.2) is 11.6 Å². The SMILES string of the molecule is CNC(CCCC(F)(F)F)c1ccc(F)c(F)c1. The first-order valence-corrected chi connectivity index (χ1v) is 5.52. The minimum Gasteiger partial charge on any atom is -0.313 e. The lowest BCUT2D eigenvalue weighted by molar-refractivity contribution is -0.135. The summed E-state index contributed by atoms with van der Waals surface area (Å²) in [5, 5.41) is 2.79. The molecule has 0 aromatic heterocycles. The summed E-state index contributed by atoms with van der Waals surface area (Å²) in [6.45, 7) is 0. The third-order valence-electron chi connectivity index (χ3n) is 2.65. The molecule has 1 nitrogen and oxygen atoms in total. The van der Waals surface area contributed by atoms with Crippen LogP contribution in [0.2, 0.25) is 0 Å². The van der Waals surface area contributed by atoms with Crippen molar-refractivity contribution in [2.75, 3.05) is 7.05 Å². The third-order valence-corrected chi connectivity index (χ3v) is 2.65. The first-order valence-electron chi connectivity index (χ1n) is 5.52. The van der Waals surface area contributed by atoms with E-state index in [0.29, 0.717) is 5.56 Å². The van der Waals surface area contributed by atoms with Crippen molar-refractivity contribution in [3.8, 4) is 0 Å². The summed E-state index contributed by atoms with van der Waals surface area (Å²) in [7, 11) is 1.57. The van der Waals surface area contributed by atoms with Gasteiger partial charge in [-0.05, 0) is 37.6 Å². The van der Waals surface area contributed by atoms with Crippen LogP contribution in [0, 0.1) is 11.6 Å². The molecular weight excluding hydrogens is 253 g/mol. The molecule has 1 aromatic rings. The predicted molar refractivity (Wildman–Crippen MR) is 58.1 cm³/mol. The number of halogens is 5. The molecule has 0 aliphatic heterocycles. The molecule has 0 radical (unpaired) electrons. The van der Waals surface area contributed by atoms with Crippen molar-refractivity contribution in [2.45, 2.75) is 31.5 Å². The minimum atomic E-state index is -4.19. The largest absolute Gasteiger partial charge is 0.389 e. The Kier molecular flexibility index (Phi) is 5.07. The van der Waals surface area contributed by atoms with Crippen LogP contribution in [0.5, 0.6) is 0 Å². The molecule has 1 atom stereocenters.